The number of fused-ring (bicyclic) bond motifs is 1. The van der Waals surface area contributed by atoms with Gasteiger partial charge < -0.3 is 10.6 Å². The van der Waals surface area contributed by atoms with Crippen molar-refractivity contribution in [2.75, 3.05) is 25.0 Å². The Morgan fingerprint density at radius 3 is 2.63 bits per heavy atom. The minimum absolute atomic E-state index is 0.897. The number of anilines is 1. The van der Waals surface area contributed by atoms with Crippen molar-refractivity contribution < 1.29 is 0 Å². The van der Waals surface area contributed by atoms with E-state index in [1.165, 1.54) is 48.8 Å². The lowest BCUT2D eigenvalue weighted by atomic mass is 9.95. The van der Waals surface area contributed by atoms with Gasteiger partial charge >= 0.3 is 0 Å². The van der Waals surface area contributed by atoms with Crippen LogP contribution in [0.25, 0.3) is 10.8 Å². The molecule has 0 amide bonds. The topological polar surface area (TPSA) is 24.1 Å². The summed E-state index contributed by atoms with van der Waals surface area (Å²) in [6.07, 6.45) is 3.95. The lowest BCUT2D eigenvalue weighted by Gasteiger charge is -2.22. The summed E-state index contributed by atoms with van der Waals surface area (Å²) < 4.78 is 0. The van der Waals surface area contributed by atoms with Gasteiger partial charge in [-0.1, -0.05) is 30.3 Å². The Morgan fingerprint density at radius 2 is 1.79 bits per heavy atom. The van der Waals surface area contributed by atoms with Crippen molar-refractivity contribution in [2.24, 2.45) is 5.92 Å². The molecule has 1 heterocycles. The van der Waals surface area contributed by atoms with Gasteiger partial charge in [0, 0.05) is 12.2 Å². The summed E-state index contributed by atoms with van der Waals surface area (Å²) >= 11 is 0. The van der Waals surface area contributed by atoms with Gasteiger partial charge in [-0.2, -0.15) is 0 Å². The first-order valence-corrected chi connectivity index (χ1v) is 7.35. The maximum absolute atomic E-state index is 3.56. The summed E-state index contributed by atoms with van der Waals surface area (Å²) in [4.78, 5) is 0. The first-order chi connectivity index (χ1) is 9.42. The Balaban J connectivity index is 1.56. The molecule has 1 saturated heterocycles. The molecule has 2 aromatic carbocycles. The number of hydrogen-bond donors (Lipinski definition) is 2. The average Bonchev–Trinajstić information content (AvgIpc) is 2.48. The minimum Gasteiger partial charge on any atom is -0.385 e. The van der Waals surface area contributed by atoms with Crippen molar-refractivity contribution >= 4 is 16.5 Å². The van der Waals surface area contributed by atoms with Gasteiger partial charge in [0.1, 0.15) is 0 Å². The maximum Gasteiger partial charge on any atom is 0.0346 e. The van der Waals surface area contributed by atoms with Crippen LogP contribution in [0, 0.1) is 5.92 Å². The number of hydrogen-bond acceptors (Lipinski definition) is 2. The predicted molar refractivity (Wildman–Crippen MR) is 82.6 cm³/mol. The molecule has 0 spiro atoms. The van der Waals surface area contributed by atoms with Crippen molar-refractivity contribution in [2.45, 2.75) is 19.3 Å². The zero-order chi connectivity index (χ0) is 12.9. The van der Waals surface area contributed by atoms with E-state index >= 15 is 0 Å². The standard InChI is InChI=1S/C17H22N2/c1-2-4-16-13-17(6-5-15(16)3-1)19-12-9-14-7-10-18-11-8-14/h1-6,13-14,18-19H,7-12H2. The van der Waals surface area contributed by atoms with Crippen LogP contribution in [0.4, 0.5) is 5.69 Å². The van der Waals surface area contributed by atoms with E-state index in [0.29, 0.717) is 0 Å². The summed E-state index contributed by atoms with van der Waals surface area (Å²) in [5.41, 5.74) is 1.24. The van der Waals surface area contributed by atoms with Gasteiger partial charge in [-0.3, -0.25) is 0 Å². The van der Waals surface area contributed by atoms with Gasteiger partial charge in [-0.15, -0.1) is 0 Å². The highest BCUT2D eigenvalue weighted by atomic mass is 14.9. The fourth-order valence-corrected chi connectivity index (χ4v) is 2.89. The summed E-state index contributed by atoms with van der Waals surface area (Å²) in [7, 11) is 0. The van der Waals surface area contributed by atoms with E-state index in [4.69, 9.17) is 0 Å². The lowest BCUT2D eigenvalue weighted by Crippen LogP contribution is -2.28. The van der Waals surface area contributed by atoms with Crippen LogP contribution in [0.5, 0.6) is 0 Å². The maximum atomic E-state index is 3.56. The fourth-order valence-electron chi connectivity index (χ4n) is 2.89. The van der Waals surface area contributed by atoms with Crippen LogP contribution in [-0.4, -0.2) is 19.6 Å². The Kier molecular flexibility index (Phi) is 3.99. The molecule has 2 heteroatoms. The van der Waals surface area contributed by atoms with Gasteiger partial charge in [0.05, 0.1) is 0 Å². The highest BCUT2D eigenvalue weighted by Crippen LogP contribution is 2.20. The third kappa shape index (κ3) is 3.27. The second-order valence-corrected chi connectivity index (χ2v) is 5.47. The van der Waals surface area contributed by atoms with Crippen molar-refractivity contribution in [1.29, 1.82) is 0 Å². The second-order valence-electron chi connectivity index (χ2n) is 5.47. The van der Waals surface area contributed by atoms with Gasteiger partial charge in [-0.25, -0.2) is 0 Å². The van der Waals surface area contributed by atoms with Crippen molar-refractivity contribution in [3.05, 3.63) is 42.5 Å². The normalized spacial score (nSPS) is 16.6. The molecule has 0 bridgehead atoms. The molecule has 2 aromatic rings. The second kappa shape index (κ2) is 6.07. The highest BCUT2D eigenvalue weighted by Gasteiger charge is 2.11. The van der Waals surface area contributed by atoms with E-state index in [0.717, 1.165) is 12.5 Å². The molecule has 0 atom stereocenters. The molecule has 100 valence electrons. The molecule has 1 aliphatic rings. The smallest absolute Gasteiger partial charge is 0.0346 e. The van der Waals surface area contributed by atoms with Crippen LogP contribution in [0.2, 0.25) is 0 Å². The van der Waals surface area contributed by atoms with E-state index in [2.05, 4.69) is 53.1 Å². The Morgan fingerprint density at radius 1 is 1.00 bits per heavy atom. The largest absolute Gasteiger partial charge is 0.385 e. The van der Waals surface area contributed by atoms with Crippen molar-refractivity contribution in [1.82, 2.24) is 5.32 Å². The van der Waals surface area contributed by atoms with Crippen molar-refractivity contribution in [3.63, 3.8) is 0 Å². The molecule has 3 rings (SSSR count). The number of nitrogens with one attached hydrogen (secondary N) is 2. The summed E-state index contributed by atoms with van der Waals surface area (Å²) in [6, 6.07) is 15.2. The highest BCUT2D eigenvalue weighted by molar-refractivity contribution is 5.85. The average molecular weight is 254 g/mol. The minimum atomic E-state index is 0.897. The SMILES string of the molecule is c1ccc2cc(NCCC3CCNCC3)ccc2c1. The number of rotatable bonds is 4. The predicted octanol–water partition coefficient (Wildman–Crippen LogP) is 3.64. The summed E-state index contributed by atoms with van der Waals surface area (Å²) in [5, 5.41) is 9.61. The third-order valence-electron chi connectivity index (χ3n) is 4.09. The molecule has 0 saturated carbocycles. The van der Waals surface area contributed by atoms with E-state index in [1.807, 2.05) is 0 Å². The van der Waals surface area contributed by atoms with E-state index in [9.17, 15) is 0 Å². The first-order valence-electron chi connectivity index (χ1n) is 7.35. The molecule has 2 nitrogen and oxygen atoms in total. The molecular weight excluding hydrogens is 232 g/mol. The molecule has 1 fully saturated rings. The lowest BCUT2D eigenvalue weighted by molar-refractivity contribution is 0.361. The van der Waals surface area contributed by atoms with E-state index in [1.54, 1.807) is 0 Å². The van der Waals surface area contributed by atoms with Gasteiger partial charge in [0.25, 0.3) is 0 Å². The number of benzene rings is 2. The van der Waals surface area contributed by atoms with Crippen LogP contribution >= 0.6 is 0 Å². The fraction of sp³-hybridized carbons (Fsp3) is 0.412. The van der Waals surface area contributed by atoms with Crippen LogP contribution in [0.15, 0.2) is 42.5 Å². The van der Waals surface area contributed by atoms with E-state index < -0.39 is 0 Å². The summed E-state index contributed by atoms with van der Waals surface area (Å²) in [5.74, 6) is 0.897. The molecule has 0 unspecified atom stereocenters. The van der Waals surface area contributed by atoms with Gasteiger partial charge in [0.15, 0.2) is 0 Å². The number of piperidine rings is 1. The molecular formula is C17H22N2. The van der Waals surface area contributed by atoms with Crippen LogP contribution in [0.1, 0.15) is 19.3 Å². The van der Waals surface area contributed by atoms with Gasteiger partial charge in [-0.05, 0) is 61.2 Å². The quantitative estimate of drug-likeness (QED) is 0.870. The molecule has 2 N–H and O–H groups in total. The zero-order valence-corrected chi connectivity index (χ0v) is 11.4. The van der Waals surface area contributed by atoms with Crippen LogP contribution in [0.3, 0.4) is 0 Å². The zero-order valence-electron chi connectivity index (χ0n) is 11.4. The van der Waals surface area contributed by atoms with Crippen LogP contribution < -0.4 is 10.6 Å². The first kappa shape index (κ1) is 12.5. The molecule has 1 aliphatic heterocycles. The molecule has 0 aromatic heterocycles. The Hall–Kier alpha value is -1.54. The Labute approximate surface area is 115 Å². The van der Waals surface area contributed by atoms with Crippen molar-refractivity contribution in [3.8, 4) is 0 Å². The van der Waals surface area contributed by atoms with E-state index in [-0.39, 0.29) is 0 Å². The molecule has 19 heavy (non-hydrogen) atoms. The Bertz CT molecular complexity index is 530. The molecule has 0 radical (unpaired) electrons. The summed E-state index contributed by atoms with van der Waals surface area (Å²) in [6.45, 7) is 3.48. The van der Waals surface area contributed by atoms with Gasteiger partial charge in [0.2, 0.25) is 0 Å². The third-order valence-corrected chi connectivity index (χ3v) is 4.09. The van der Waals surface area contributed by atoms with Crippen LogP contribution in [-0.2, 0) is 0 Å². The monoisotopic (exact) mass is 254 g/mol. The molecule has 0 aliphatic carbocycles.